The highest BCUT2D eigenvalue weighted by atomic mass is 32.2. The van der Waals surface area contributed by atoms with E-state index in [1.165, 1.54) is 4.90 Å². The zero-order valence-electron chi connectivity index (χ0n) is 16.3. The SMILES string of the molecule is Cc1ccc(-c2nnc(S(=O)(=O)CC(=O)N3CCCc4ccccc43)o2)cc1C. The molecule has 0 bridgehead atoms. The van der Waals surface area contributed by atoms with Gasteiger partial charge in [0.05, 0.1) is 0 Å². The van der Waals surface area contributed by atoms with Crippen molar-refractivity contribution in [3.05, 3.63) is 59.2 Å². The summed E-state index contributed by atoms with van der Waals surface area (Å²) in [4.78, 5) is 14.3. The molecule has 0 saturated heterocycles. The fraction of sp³-hybridized carbons (Fsp3) is 0.286. The minimum absolute atomic E-state index is 0.113. The number of hydrogen-bond acceptors (Lipinski definition) is 6. The molecular formula is C21H21N3O4S. The second kappa shape index (κ2) is 7.44. The molecule has 8 heteroatoms. The maximum Gasteiger partial charge on any atom is 0.336 e. The molecule has 1 amide bonds. The van der Waals surface area contributed by atoms with Crippen LogP contribution in [-0.4, -0.2) is 36.8 Å². The number of fused-ring (bicyclic) bond motifs is 1. The van der Waals surface area contributed by atoms with Gasteiger partial charge in [0.25, 0.3) is 0 Å². The molecule has 3 aromatic rings. The Morgan fingerprint density at radius 1 is 1.10 bits per heavy atom. The predicted octanol–water partition coefficient (Wildman–Crippen LogP) is 3.11. The third-order valence-corrected chi connectivity index (χ3v) is 6.48. The van der Waals surface area contributed by atoms with Crippen LogP contribution in [0.3, 0.4) is 0 Å². The Hall–Kier alpha value is -3.00. The van der Waals surface area contributed by atoms with Crippen LogP contribution >= 0.6 is 0 Å². The highest BCUT2D eigenvalue weighted by Gasteiger charge is 2.31. The minimum Gasteiger partial charge on any atom is -0.408 e. The lowest BCUT2D eigenvalue weighted by molar-refractivity contribution is -0.116. The van der Waals surface area contributed by atoms with Crippen LogP contribution in [0.1, 0.15) is 23.1 Å². The monoisotopic (exact) mass is 411 g/mol. The standard InChI is InChI=1S/C21H21N3O4S/c1-14-9-10-17(12-15(14)2)20-22-23-21(28-20)29(26,27)13-19(25)24-11-5-7-16-6-3-4-8-18(16)24/h3-4,6,8-10,12H,5,7,11,13H2,1-2H3. The predicted molar refractivity (Wildman–Crippen MR) is 108 cm³/mol. The summed E-state index contributed by atoms with van der Waals surface area (Å²) in [7, 11) is -4.05. The Morgan fingerprint density at radius 2 is 1.90 bits per heavy atom. The third kappa shape index (κ3) is 3.80. The summed E-state index contributed by atoms with van der Waals surface area (Å²) in [6.07, 6.45) is 1.66. The van der Waals surface area contributed by atoms with Crippen LogP contribution < -0.4 is 4.90 Å². The molecule has 7 nitrogen and oxygen atoms in total. The first-order valence-electron chi connectivity index (χ1n) is 9.37. The number of sulfone groups is 1. The number of aromatic nitrogens is 2. The van der Waals surface area contributed by atoms with E-state index in [-0.39, 0.29) is 5.89 Å². The van der Waals surface area contributed by atoms with E-state index in [0.717, 1.165) is 35.2 Å². The Balaban J connectivity index is 1.56. The number of hydrogen-bond donors (Lipinski definition) is 0. The lowest BCUT2D eigenvalue weighted by Crippen LogP contribution is -2.39. The van der Waals surface area contributed by atoms with Gasteiger partial charge in [0.1, 0.15) is 5.75 Å². The first-order chi connectivity index (χ1) is 13.8. The topological polar surface area (TPSA) is 93.4 Å². The lowest BCUT2D eigenvalue weighted by Gasteiger charge is -2.29. The van der Waals surface area contributed by atoms with Gasteiger partial charge in [0.2, 0.25) is 21.6 Å². The number of anilines is 1. The first kappa shape index (κ1) is 19.3. The van der Waals surface area contributed by atoms with E-state index in [9.17, 15) is 13.2 Å². The summed E-state index contributed by atoms with van der Waals surface area (Å²) in [6.45, 7) is 4.41. The van der Waals surface area contributed by atoms with Crippen molar-refractivity contribution in [3.8, 4) is 11.5 Å². The van der Waals surface area contributed by atoms with Gasteiger partial charge in [-0.05, 0) is 61.6 Å². The Labute approximate surface area is 169 Å². The van der Waals surface area contributed by atoms with Crippen molar-refractivity contribution < 1.29 is 17.6 Å². The van der Waals surface area contributed by atoms with Gasteiger partial charge in [-0.15, -0.1) is 5.10 Å². The summed E-state index contributed by atoms with van der Waals surface area (Å²) in [5, 5.41) is 7.00. The molecule has 1 aliphatic heterocycles. The molecule has 0 spiro atoms. The maximum absolute atomic E-state index is 12.8. The first-order valence-corrected chi connectivity index (χ1v) is 11.0. The van der Waals surface area contributed by atoms with Crippen molar-refractivity contribution >= 4 is 21.4 Å². The smallest absolute Gasteiger partial charge is 0.336 e. The zero-order chi connectivity index (χ0) is 20.6. The van der Waals surface area contributed by atoms with Crippen molar-refractivity contribution in [2.24, 2.45) is 0 Å². The van der Waals surface area contributed by atoms with E-state index < -0.39 is 26.7 Å². The van der Waals surface area contributed by atoms with Gasteiger partial charge in [0.15, 0.2) is 0 Å². The molecule has 0 unspecified atom stereocenters. The number of para-hydroxylation sites is 1. The number of aryl methyl sites for hydroxylation is 3. The van der Waals surface area contributed by atoms with Crippen molar-refractivity contribution in [3.63, 3.8) is 0 Å². The molecular weight excluding hydrogens is 390 g/mol. The molecule has 0 N–H and O–H groups in total. The van der Waals surface area contributed by atoms with E-state index in [2.05, 4.69) is 10.2 Å². The van der Waals surface area contributed by atoms with Crippen molar-refractivity contribution in [1.82, 2.24) is 10.2 Å². The van der Waals surface area contributed by atoms with Gasteiger partial charge in [0, 0.05) is 17.8 Å². The molecule has 4 rings (SSSR count). The quantitative estimate of drug-likeness (QED) is 0.655. The number of benzene rings is 2. The third-order valence-electron chi connectivity index (χ3n) is 5.15. The molecule has 150 valence electrons. The van der Waals surface area contributed by atoms with Gasteiger partial charge in [-0.3, -0.25) is 4.79 Å². The second-order valence-corrected chi connectivity index (χ2v) is 9.08. The Morgan fingerprint density at radius 3 is 2.69 bits per heavy atom. The average molecular weight is 411 g/mol. The van der Waals surface area contributed by atoms with Gasteiger partial charge >= 0.3 is 5.22 Å². The normalized spacial score (nSPS) is 13.9. The summed E-state index contributed by atoms with van der Waals surface area (Å²) < 4.78 is 30.8. The highest BCUT2D eigenvalue weighted by molar-refractivity contribution is 7.91. The van der Waals surface area contributed by atoms with Crippen LogP contribution in [0, 0.1) is 13.8 Å². The molecule has 0 radical (unpaired) electrons. The number of rotatable bonds is 4. The summed E-state index contributed by atoms with van der Waals surface area (Å²) >= 11 is 0. The average Bonchev–Trinajstić information content (AvgIpc) is 3.20. The summed E-state index contributed by atoms with van der Waals surface area (Å²) in [5.41, 5.74) is 4.58. The minimum atomic E-state index is -4.05. The van der Waals surface area contributed by atoms with E-state index in [1.54, 1.807) is 6.07 Å². The second-order valence-electron chi connectivity index (χ2n) is 7.21. The van der Waals surface area contributed by atoms with Crippen LogP contribution in [0.25, 0.3) is 11.5 Å². The van der Waals surface area contributed by atoms with Crippen LogP contribution in [0.5, 0.6) is 0 Å². The number of amides is 1. The molecule has 0 atom stereocenters. The summed E-state index contributed by atoms with van der Waals surface area (Å²) in [5.74, 6) is -1.10. The van der Waals surface area contributed by atoms with Crippen LogP contribution in [0.2, 0.25) is 0 Å². The van der Waals surface area contributed by atoms with Gasteiger partial charge in [-0.1, -0.05) is 29.4 Å². The highest BCUT2D eigenvalue weighted by Crippen LogP contribution is 2.28. The molecule has 0 saturated carbocycles. The van der Waals surface area contributed by atoms with Crippen LogP contribution in [0.4, 0.5) is 5.69 Å². The largest absolute Gasteiger partial charge is 0.408 e. The summed E-state index contributed by atoms with van der Waals surface area (Å²) in [6, 6.07) is 13.1. The van der Waals surface area contributed by atoms with E-state index in [0.29, 0.717) is 12.1 Å². The number of carbonyl (C=O) groups excluding carboxylic acids is 1. The van der Waals surface area contributed by atoms with Crippen molar-refractivity contribution in [2.75, 3.05) is 17.2 Å². The fourth-order valence-electron chi connectivity index (χ4n) is 3.42. The molecule has 1 aromatic heterocycles. The molecule has 0 aliphatic carbocycles. The fourth-order valence-corrected chi connectivity index (χ4v) is 4.40. The Bertz CT molecular complexity index is 1180. The van der Waals surface area contributed by atoms with Crippen molar-refractivity contribution in [2.45, 2.75) is 31.9 Å². The van der Waals surface area contributed by atoms with Crippen molar-refractivity contribution in [1.29, 1.82) is 0 Å². The van der Waals surface area contributed by atoms with E-state index >= 15 is 0 Å². The van der Waals surface area contributed by atoms with E-state index in [1.807, 2.05) is 50.2 Å². The zero-order valence-corrected chi connectivity index (χ0v) is 17.1. The Kier molecular flexibility index (Phi) is 4.96. The van der Waals surface area contributed by atoms with E-state index in [4.69, 9.17) is 4.42 Å². The number of carbonyl (C=O) groups is 1. The van der Waals surface area contributed by atoms with Gasteiger partial charge in [-0.25, -0.2) is 8.42 Å². The number of nitrogens with zero attached hydrogens (tertiary/aromatic N) is 3. The lowest BCUT2D eigenvalue weighted by atomic mass is 10.0. The molecule has 0 fully saturated rings. The van der Waals surface area contributed by atoms with Crippen LogP contribution in [-0.2, 0) is 21.1 Å². The van der Waals surface area contributed by atoms with Gasteiger partial charge in [-0.2, -0.15) is 0 Å². The molecule has 2 heterocycles. The van der Waals surface area contributed by atoms with Gasteiger partial charge < -0.3 is 9.32 Å². The molecule has 29 heavy (non-hydrogen) atoms. The maximum atomic E-state index is 12.8. The van der Waals surface area contributed by atoms with Crippen LogP contribution in [0.15, 0.2) is 52.1 Å². The molecule has 1 aliphatic rings. The molecule has 2 aromatic carbocycles.